The molecule has 0 saturated heterocycles. The standard InChI is InChI=1S/C9H4F9N/c10-2-1-3(11)5(8(13,14)15)6(12)4(2)7(19)9(16,17)18/h1,7H,19H2/t7-/m0/s1. The average Bonchev–Trinajstić information content (AvgIpc) is 2.11. The third-order valence-corrected chi connectivity index (χ3v) is 2.15. The number of halogens is 9. The molecule has 0 aliphatic heterocycles. The van der Waals surface area contributed by atoms with Crippen molar-refractivity contribution in [3.8, 4) is 0 Å². The van der Waals surface area contributed by atoms with E-state index in [0.717, 1.165) is 0 Å². The molecule has 0 spiro atoms. The Balaban J connectivity index is 3.60. The minimum Gasteiger partial charge on any atom is -0.316 e. The maximum Gasteiger partial charge on any atom is 0.422 e. The lowest BCUT2D eigenvalue weighted by Crippen LogP contribution is -2.31. The predicted molar refractivity (Wildman–Crippen MR) is 44.3 cm³/mol. The number of nitrogens with two attached hydrogens (primary N) is 1. The van der Waals surface area contributed by atoms with Gasteiger partial charge in [-0.3, -0.25) is 0 Å². The molecule has 1 nitrogen and oxygen atoms in total. The van der Waals surface area contributed by atoms with Gasteiger partial charge in [-0.1, -0.05) is 0 Å². The molecular formula is C9H4F9N. The molecule has 0 aromatic heterocycles. The van der Waals surface area contributed by atoms with E-state index < -0.39 is 53.0 Å². The van der Waals surface area contributed by atoms with Crippen molar-refractivity contribution in [2.24, 2.45) is 5.73 Å². The van der Waals surface area contributed by atoms with E-state index in [0.29, 0.717) is 0 Å². The van der Waals surface area contributed by atoms with Gasteiger partial charge in [-0.05, 0) is 0 Å². The fourth-order valence-corrected chi connectivity index (χ4v) is 1.31. The van der Waals surface area contributed by atoms with Crippen LogP contribution in [0.4, 0.5) is 39.5 Å². The van der Waals surface area contributed by atoms with Crippen LogP contribution in [0.2, 0.25) is 0 Å². The Labute approximate surface area is 99.4 Å². The summed E-state index contributed by atoms with van der Waals surface area (Å²) in [4.78, 5) is 0. The molecular weight excluding hydrogens is 293 g/mol. The SMILES string of the molecule is N[C@@H](c1c(F)cc(F)c(C(F)(F)F)c1F)C(F)(F)F. The molecule has 0 aliphatic carbocycles. The molecule has 1 aromatic carbocycles. The van der Waals surface area contributed by atoms with Crippen LogP contribution in [0.25, 0.3) is 0 Å². The molecule has 10 heteroatoms. The maximum absolute atomic E-state index is 13.3. The Kier molecular flexibility index (Phi) is 3.76. The summed E-state index contributed by atoms with van der Waals surface area (Å²) in [6, 6.07) is -3.83. The highest BCUT2D eigenvalue weighted by Crippen LogP contribution is 2.40. The Bertz CT molecular complexity index is 488. The molecule has 1 rings (SSSR count). The molecule has 0 bridgehead atoms. The molecule has 1 atom stereocenters. The van der Waals surface area contributed by atoms with Crippen molar-refractivity contribution in [3.05, 3.63) is 34.6 Å². The summed E-state index contributed by atoms with van der Waals surface area (Å²) in [5, 5.41) is 0. The summed E-state index contributed by atoms with van der Waals surface area (Å²) in [5.74, 6) is -7.22. The molecule has 1 aromatic rings. The molecule has 2 N–H and O–H groups in total. The number of hydrogen-bond acceptors (Lipinski definition) is 1. The molecule has 19 heavy (non-hydrogen) atoms. The topological polar surface area (TPSA) is 26.0 Å². The first kappa shape index (κ1) is 15.6. The van der Waals surface area contributed by atoms with Crippen molar-refractivity contribution in [3.63, 3.8) is 0 Å². The van der Waals surface area contributed by atoms with Crippen LogP contribution in [0.1, 0.15) is 17.2 Å². The van der Waals surface area contributed by atoms with E-state index in [2.05, 4.69) is 5.73 Å². The second kappa shape index (κ2) is 4.58. The normalized spacial score (nSPS) is 14.6. The van der Waals surface area contributed by atoms with E-state index in [1.165, 1.54) is 0 Å². The maximum atomic E-state index is 13.3. The van der Waals surface area contributed by atoms with Gasteiger partial charge in [0.15, 0.2) is 0 Å². The third kappa shape index (κ3) is 2.94. The smallest absolute Gasteiger partial charge is 0.316 e. The van der Waals surface area contributed by atoms with Crippen molar-refractivity contribution >= 4 is 0 Å². The summed E-state index contributed by atoms with van der Waals surface area (Å²) < 4.78 is 112. The summed E-state index contributed by atoms with van der Waals surface area (Å²) in [6.07, 6.45) is -11.0. The Morgan fingerprint density at radius 3 is 1.74 bits per heavy atom. The molecule has 0 aliphatic rings. The van der Waals surface area contributed by atoms with E-state index in [1.807, 2.05) is 0 Å². The van der Waals surface area contributed by atoms with E-state index in [-0.39, 0.29) is 0 Å². The average molecular weight is 297 g/mol. The summed E-state index contributed by atoms with van der Waals surface area (Å²) >= 11 is 0. The number of rotatable bonds is 1. The summed E-state index contributed by atoms with van der Waals surface area (Å²) in [5.41, 5.74) is -0.263. The lowest BCUT2D eigenvalue weighted by molar-refractivity contribution is -0.153. The van der Waals surface area contributed by atoms with Gasteiger partial charge < -0.3 is 5.73 Å². The Hall–Kier alpha value is -1.45. The first-order chi connectivity index (χ1) is 8.37. The molecule has 0 unspecified atom stereocenters. The highest BCUT2D eigenvalue weighted by Gasteiger charge is 2.46. The summed E-state index contributed by atoms with van der Waals surface area (Å²) in [7, 11) is 0. The monoisotopic (exact) mass is 297 g/mol. The van der Waals surface area contributed by atoms with Crippen LogP contribution < -0.4 is 5.73 Å². The number of hydrogen-bond donors (Lipinski definition) is 1. The van der Waals surface area contributed by atoms with Crippen LogP contribution in [0.15, 0.2) is 6.07 Å². The molecule has 0 fully saturated rings. The van der Waals surface area contributed by atoms with Gasteiger partial charge in [0.1, 0.15) is 29.1 Å². The highest BCUT2D eigenvalue weighted by molar-refractivity contribution is 5.33. The molecule has 0 amide bonds. The second-order valence-corrected chi connectivity index (χ2v) is 3.46. The van der Waals surface area contributed by atoms with E-state index >= 15 is 0 Å². The third-order valence-electron chi connectivity index (χ3n) is 2.15. The van der Waals surface area contributed by atoms with Gasteiger partial charge in [-0.2, -0.15) is 26.3 Å². The molecule has 108 valence electrons. The minimum atomic E-state index is -5.62. The van der Waals surface area contributed by atoms with Gasteiger partial charge >= 0.3 is 12.4 Å². The molecule has 0 saturated carbocycles. The van der Waals surface area contributed by atoms with Crippen LogP contribution in [-0.2, 0) is 6.18 Å². The van der Waals surface area contributed by atoms with Crippen LogP contribution >= 0.6 is 0 Å². The quantitative estimate of drug-likeness (QED) is 0.786. The second-order valence-electron chi connectivity index (χ2n) is 3.46. The van der Waals surface area contributed by atoms with E-state index in [9.17, 15) is 39.5 Å². The first-order valence-corrected chi connectivity index (χ1v) is 4.44. The lowest BCUT2D eigenvalue weighted by Gasteiger charge is -2.19. The van der Waals surface area contributed by atoms with Crippen LogP contribution in [0.3, 0.4) is 0 Å². The van der Waals surface area contributed by atoms with Gasteiger partial charge in [0, 0.05) is 6.07 Å². The molecule has 0 radical (unpaired) electrons. The zero-order valence-electron chi connectivity index (χ0n) is 8.63. The summed E-state index contributed by atoms with van der Waals surface area (Å²) in [6.45, 7) is 0. The van der Waals surface area contributed by atoms with Gasteiger partial charge in [0.05, 0.1) is 5.56 Å². The highest BCUT2D eigenvalue weighted by atomic mass is 19.4. The Morgan fingerprint density at radius 2 is 1.37 bits per heavy atom. The van der Waals surface area contributed by atoms with Gasteiger partial charge in [-0.15, -0.1) is 0 Å². The van der Waals surface area contributed by atoms with Gasteiger partial charge in [-0.25, -0.2) is 13.2 Å². The van der Waals surface area contributed by atoms with Crippen LogP contribution in [-0.4, -0.2) is 6.18 Å². The lowest BCUT2D eigenvalue weighted by atomic mass is 10.0. The van der Waals surface area contributed by atoms with Crippen molar-refractivity contribution in [1.82, 2.24) is 0 Å². The van der Waals surface area contributed by atoms with Gasteiger partial charge in [0.2, 0.25) is 0 Å². The largest absolute Gasteiger partial charge is 0.422 e. The van der Waals surface area contributed by atoms with E-state index in [4.69, 9.17) is 0 Å². The van der Waals surface area contributed by atoms with Gasteiger partial charge in [0.25, 0.3) is 0 Å². The Morgan fingerprint density at radius 1 is 0.895 bits per heavy atom. The van der Waals surface area contributed by atoms with Crippen molar-refractivity contribution in [2.75, 3.05) is 0 Å². The fraction of sp³-hybridized carbons (Fsp3) is 0.333. The zero-order valence-corrected chi connectivity index (χ0v) is 8.63. The van der Waals surface area contributed by atoms with Crippen LogP contribution in [0.5, 0.6) is 0 Å². The first-order valence-electron chi connectivity index (χ1n) is 4.44. The van der Waals surface area contributed by atoms with Crippen molar-refractivity contribution in [2.45, 2.75) is 18.4 Å². The minimum absolute atomic E-state index is 0.493. The van der Waals surface area contributed by atoms with Crippen LogP contribution in [0, 0.1) is 17.5 Å². The fourth-order valence-electron chi connectivity index (χ4n) is 1.31. The number of alkyl halides is 6. The van der Waals surface area contributed by atoms with Crippen molar-refractivity contribution < 1.29 is 39.5 Å². The molecule has 0 heterocycles. The predicted octanol–water partition coefficient (Wildman–Crippen LogP) is 3.68. The van der Waals surface area contributed by atoms with Crippen molar-refractivity contribution in [1.29, 1.82) is 0 Å². The number of benzene rings is 1. The zero-order chi connectivity index (χ0) is 15.2. The van der Waals surface area contributed by atoms with E-state index in [1.54, 1.807) is 0 Å².